The number of ether oxygens (including phenoxy) is 1. The first-order chi connectivity index (χ1) is 7.70. The van der Waals surface area contributed by atoms with Gasteiger partial charge < -0.3 is 15.4 Å². The van der Waals surface area contributed by atoms with Gasteiger partial charge in [0.1, 0.15) is 0 Å². The number of nitrogens with two attached hydrogens (primary N) is 1. The highest BCUT2D eigenvalue weighted by molar-refractivity contribution is 5.79. The van der Waals surface area contributed by atoms with Gasteiger partial charge in [-0.25, -0.2) is 5.84 Å². The summed E-state index contributed by atoms with van der Waals surface area (Å²) >= 11 is 0. The summed E-state index contributed by atoms with van der Waals surface area (Å²) < 4.78 is 4.89. The van der Waals surface area contributed by atoms with Crippen LogP contribution in [-0.2, 0) is 9.53 Å². The van der Waals surface area contributed by atoms with Crippen LogP contribution in [0.15, 0.2) is 4.99 Å². The molecule has 0 saturated heterocycles. The normalized spacial score (nSPS) is 11.1. The molecule has 0 saturated carbocycles. The van der Waals surface area contributed by atoms with E-state index in [1.165, 1.54) is 6.92 Å². The second-order valence-corrected chi connectivity index (χ2v) is 3.13. The highest BCUT2D eigenvalue weighted by atomic mass is 16.5. The van der Waals surface area contributed by atoms with E-state index >= 15 is 0 Å². The van der Waals surface area contributed by atoms with Crippen LogP contribution >= 0.6 is 0 Å². The van der Waals surface area contributed by atoms with Crippen LogP contribution < -0.4 is 21.9 Å². The summed E-state index contributed by atoms with van der Waals surface area (Å²) in [5.41, 5.74) is 2.45. The van der Waals surface area contributed by atoms with E-state index in [1.807, 2.05) is 0 Å². The van der Waals surface area contributed by atoms with Crippen molar-refractivity contribution in [3.05, 3.63) is 0 Å². The summed E-state index contributed by atoms with van der Waals surface area (Å²) in [5, 5.41) is 5.62. The molecule has 0 heterocycles. The molecule has 0 fully saturated rings. The summed E-state index contributed by atoms with van der Waals surface area (Å²) in [4.78, 5) is 14.8. The number of rotatable bonds is 7. The van der Waals surface area contributed by atoms with Gasteiger partial charge in [0, 0.05) is 40.3 Å². The van der Waals surface area contributed by atoms with Crippen molar-refractivity contribution in [2.24, 2.45) is 10.8 Å². The maximum Gasteiger partial charge on any atom is 0.216 e. The number of carbonyl (C=O) groups is 1. The summed E-state index contributed by atoms with van der Waals surface area (Å²) in [6.07, 6.45) is 0.842. The lowest BCUT2D eigenvalue weighted by atomic mass is 10.5. The molecule has 1 amide bonds. The molecule has 0 spiro atoms. The van der Waals surface area contributed by atoms with E-state index in [0.29, 0.717) is 32.2 Å². The second kappa shape index (κ2) is 10.2. The average Bonchev–Trinajstić information content (AvgIpc) is 2.26. The molecule has 0 rings (SSSR count). The monoisotopic (exact) mass is 231 g/mol. The van der Waals surface area contributed by atoms with Crippen molar-refractivity contribution in [3.8, 4) is 0 Å². The Balaban J connectivity index is 3.60. The Bertz CT molecular complexity index is 220. The van der Waals surface area contributed by atoms with Crippen LogP contribution in [0.25, 0.3) is 0 Å². The minimum absolute atomic E-state index is 0.0545. The zero-order chi connectivity index (χ0) is 12.2. The van der Waals surface area contributed by atoms with E-state index < -0.39 is 0 Å². The molecule has 0 aromatic rings. The van der Waals surface area contributed by atoms with Gasteiger partial charge in [-0.1, -0.05) is 0 Å². The fraction of sp³-hybridized carbons (Fsp3) is 0.778. The number of carbonyl (C=O) groups excluding carboxylic acids is 1. The molecular formula is C9H21N5O2. The molecule has 5 N–H and O–H groups in total. The third-order valence-electron chi connectivity index (χ3n) is 1.70. The van der Waals surface area contributed by atoms with Crippen molar-refractivity contribution in [2.75, 3.05) is 33.4 Å². The molecule has 0 radical (unpaired) electrons. The molecule has 0 aromatic carbocycles. The van der Waals surface area contributed by atoms with Crippen LogP contribution in [0.4, 0.5) is 0 Å². The number of hydrogen-bond acceptors (Lipinski definition) is 4. The Morgan fingerprint density at radius 2 is 2.06 bits per heavy atom. The SMILES string of the molecule is COCCCN=C(NN)NCCNC(C)=O. The molecule has 0 bridgehead atoms. The lowest BCUT2D eigenvalue weighted by Gasteiger charge is -2.09. The van der Waals surface area contributed by atoms with E-state index in [2.05, 4.69) is 21.1 Å². The maximum absolute atomic E-state index is 10.6. The van der Waals surface area contributed by atoms with Crippen molar-refractivity contribution in [1.82, 2.24) is 16.1 Å². The first-order valence-corrected chi connectivity index (χ1v) is 5.19. The Kier molecular flexibility index (Phi) is 9.33. The smallest absolute Gasteiger partial charge is 0.216 e. The first-order valence-electron chi connectivity index (χ1n) is 5.19. The van der Waals surface area contributed by atoms with Crippen LogP contribution in [0, 0.1) is 0 Å². The molecule has 7 heteroatoms. The molecule has 7 nitrogen and oxygen atoms in total. The zero-order valence-electron chi connectivity index (χ0n) is 9.88. The first kappa shape index (κ1) is 14.7. The van der Waals surface area contributed by atoms with Gasteiger partial charge in [-0.15, -0.1) is 0 Å². The van der Waals surface area contributed by atoms with Crippen LogP contribution in [0.5, 0.6) is 0 Å². The lowest BCUT2D eigenvalue weighted by molar-refractivity contribution is -0.118. The molecule has 0 atom stereocenters. The molecule has 0 aliphatic heterocycles. The van der Waals surface area contributed by atoms with Gasteiger partial charge in [0.15, 0.2) is 0 Å². The Morgan fingerprint density at radius 3 is 2.62 bits per heavy atom. The zero-order valence-corrected chi connectivity index (χ0v) is 9.88. The van der Waals surface area contributed by atoms with Crippen molar-refractivity contribution in [1.29, 1.82) is 0 Å². The van der Waals surface area contributed by atoms with E-state index in [4.69, 9.17) is 10.6 Å². The van der Waals surface area contributed by atoms with Gasteiger partial charge in [0.05, 0.1) is 0 Å². The molecule has 0 aliphatic rings. The van der Waals surface area contributed by atoms with Crippen LogP contribution in [0.3, 0.4) is 0 Å². The average molecular weight is 231 g/mol. The number of guanidine groups is 1. The number of hydrogen-bond donors (Lipinski definition) is 4. The molecule has 0 aromatic heterocycles. The number of amides is 1. The third kappa shape index (κ3) is 9.22. The topological polar surface area (TPSA) is 101 Å². The summed E-state index contributed by atoms with van der Waals surface area (Å²) in [5.74, 6) is 5.73. The largest absolute Gasteiger partial charge is 0.385 e. The summed E-state index contributed by atoms with van der Waals surface area (Å²) in [6, 6.07) is 0. The summed E-state index contributed by atoms with van der Waals surface area (Å²) in [6.45, 7) is 3.90. The van der Waals surface area contributed by atoms with Crippen molar-refractivity contribution >= 4 is 11.9 Å². The van der Waals surface area contributed by atoms with Gasteiger partial charge in [-0.05, 0) is 6.42 Å². The van der Waals surface area contributed by atoms with Crippen molar-refractivity contribution < 1.29 is 9.53 Å². The molecule has 0 unspecified atom stereocenters. The number of methoxy groups -OCH3 is 1. The van der Waals surface area contributed by atoms with Crippen LogP contribution in [-0.4, -0.2) is 45.2 Å². The number of nitrogens with zero attached hydrogens (tertiary/aromatic N) is 1. The van der Waals surface area contributed by atoms with Crippen LogP contribution in [0.1, 0.15) is 13.3 Å². The lowest BCUT2D eigenvalue weighted by Crippen LogP contribution is -2.44. The third-order valence-corrected chi connectivity index (χ3v) is 1.70. The highest BCUT2D eigenvalue weighted by Crippen LogP contribution is 1.81. The van der Waals surface area contributed by atoms with E-state index in [1.54, 1.807) is 7.11 Å². The van der Waals surface area contributed by atoms with Gasteiger partial charge in [0.2, 0.25) is 11.9 Å². The van der Waals surface area contributed by atoms with Crippen LogP contribution in [0.2, 0.25) is 0 Å². The van der Waals surface area contributed by atoms with E-state index in [0.717, 1.165) is 6.42 Å². The quantitative estimate of drug-likeness (QED) is 0.141. The standard InChI is InChI=1S/C9H21N5O2/c1-8(15)11-5-6-13-9(14-10)12-4-3-7-16-2/h3-7,10H2,1-2H3,(H,11,15)(H2,12,13,14). The fourth-order valence-corrected chi connectivity index (χ4v) is 0.972. The molecule has 16 heavy (non-hydrogen) atoms. The molecular weight excluding hydrogens is 210 g/mol. The Morgan fingerprint density at radius 1 is 1.38 bits per heavy atom. The number of aliphatic imine (C=N–C) groups is 1. The number of hydrazine groups is 1. The predicted octanol–water partition coefficient (Wildman–Crippen LogP) is -1.43. The van der Waals surface area contributed by atoms with Gasteiger partial charge in [0.25, 0.3) is 0 Å². The maximum atomic E-state index is 10.6. The molecule has 94 valence electrons. The van der Waals surface area contributed by atoms with Gasteiger partial charge in [-0.2, -0.15) is 0 Å². The Hall–Kier alpha value is -1.34. The van der Waals surface area contributed by atoms with E-state index in [-0.39, 0.29) is 5.91 Å². The predicted molar refractivity (Wildman–Crippen MR) is 62.8 cm³/mol. The second-order valence-electron chi connectivity index (χ2n) is 3.13. The minimum atomic E-state index is -0.0545. The molecule has 0 aliphatic carbocycles. The van der Waals surface area contributed by atoms with Crippen molar-refractivity contribution in [3.63, 3.8) is 0 Å². The summed E-state index contributed by atoms with van der Waals surface area (Å²) in [7, 11) is 1.65. The number of nitrogens with one attached hydrogen (secondary N) is 3. The Labute approximate surface area is 95.8 Å². The minimum Gasteiger partial charge on any atom is -0.385 e. The highest BCUT2D eigenvalue weighted by Gasteiger charge is 1.95. The fourth-order valence-electron chi connectivity index (χ4n) is 0.972. The van der Waals surface area contributed by atoms with Gasteiger partial charge >= 0.3 is 0 Å². The van der Waals surface area contributed by atoms with Crippen molar-refractivity contribution in [2.45, 2.75) is 13.3 Å². The van der Waals surface area contributed by atoms with E-state index in [9.17, 15) is 4.79 Å². The van der Waals surface area contributed by atoms with Gasteiger partial charge in [-0.3, -0.25) is 15.2 Å².